The van der Waals surface area contributed by atoms with Gasteiger partial charge in [-0.3, -0.25) is 0 Å². The van der Waals surface area contributed by atoms with E-state index in [-0.39, 0.29) is 82.9 Å². The molecule has 0 radical (unpaired) electrons. The van der Waals surface area contributed by atoms with Crippen LogP contribution < -0.4 is 30.6 Å². The number of aliphatic hydroxyl groups excluding tert-OH is 1. The van der Waals surface area contributed by atoms with Crippen LogP contribution in [-0.2, 0) is 83.2 Å². The van der Waals surface area contributed by atoms with Crippen molar-refractivity contribution < 1.29 is 77.5 Å². The molecule has 0 aliphatic carbocycles. The molecular weight excluding hydrogens is 1320 g/mol. The average molecular weight is 1430 g/mol. The summed E-state index contributed by atoms with van der Waals surface area (Å²) >= 11 is 0. The highest BCUT2D eigenvalue weighted by molar-refractivity contribution is 7.85. The smallest absolute Gasteiger partial charge is 0.0971 e. The number of aliphatic hydroxyl groups is 1. The number of hydrogen-bond donors (Lipinski definition) is 1. The Bertz CT molecular complexity index is 3920. The number of carboxylic acid groups (broad SMARTS) is 6. The molecule has 1 N–H and O–H groups in total. The van der Waals surface area contributed by atoms with Crippen LogP contribution in [0.5, 0.6) is 0 Å². The average Bonchev–Trinajstić information content (AvgIpc) is 0.843. The third-order valence-electron chi connectivity index (χ3n) is 17.7. The lowest BCUT2D eigenvalue weighted by Crippen LogP contribution is -2.31. The fourth-order valence-corrected chi connectivity index (χ4v) is 12.3. The maximum absolute atomic E-state index is 10.7. The molecule has 103 heavy (non-hydrogen) atoms. The van der Waals surface area contributed by atoms with E-state index in [1.807, 2.05) is 296 Å². The molecule has 0 saturated carbocycles. The van der Waals surface area contributed by atoms with Gasteiger partial charge in [-0.05, 0) is 181 Å². The van der Waals surface area contributed by atoms with Crippen molar-refractivity contribution in [3.8, 4) is 0 Å². The Morgan fingerprint density at radius 1 is 0.340 bits per heavy atom. The van der Waals surface area contributed by atoms with E-state index in [1.165, 1.54) is 16.7 Å². The van der Waals surface area contributed by atoms with Crippen LogP contribution in [0.15, 0.2) is 170 Å². The molecule has 0 bridgehead atoms. The summed E-state index contributed by atoms with van der Waals surface area (Å²) in [6.45, 7) is 41.0. The first-order valence-electron chi connectivity index (χ1n) is 34.5. The maximum Gasteiger partial charge on any atom is 0.0971 e. The third-order valence-corrected chi connectivity index (χ3v) is 18.5. The van der Waals surface area contributed by atoms with Gasteiger partial charge in [0.05, 0.1) is 22.0 Å². The van der Waals surface area contributed by atoms with Crippen molar-refractivity contribution in [2.24, 2.45) is 0 Å². The van der Waals surface area contributed by atoms with Gasteiger partial charge in [0.1, 0.15) is 0 Å². The molecule has 0 amide bonds. The number of carbonyl (C=O) groups is 6. The SMILES string of the molecule is CC(C)(CC(=O)[O-])c1ccccc1.CC(C)(CC(O)CS(=O)(=O)[O-])c1ccccc1.CCc1ccc(C(C)(C)CC(=O)[O-])cc1.Cc1cc(C)cc(C(C)(C)CC(=O)[O-])c1.Cc1ccc(C(C)(C)CC(=O)[O-])c(C)c1.Cc1ccc(C(C)(C)CC(=O)[O-])cc1.Cc1cccc(C(C)(C)CC(=O)[O-])c1. The lowest BCUT2D eigenvalue weighted by Gasteiger charge is -2.28. The lowest BCUT2D eigenvalue weighted by atomic mass is 9.79. The van der Waals surface area contributed by atoms with Crippen LogP contribution in [-0.4, -0.2) is 65.7 Å². The highest BCUT2D eigenvalue weighted by Gasteiger charge is 2.28. The normalized spacial score (nSPS) is 11.9. The molecule has 7 rings (SSSR count). The Labute approximate surface area is 614 Å². The van der Waals surface area contributed by atoms with Crippen LogP contribution in [0.2, 0.25) is 0 Å². The predicted octanol–water partition coefficient (Wildman–Crippen LogP) is 10.3. The molecule has 17 heteroatoms. The van der Waals surface area contributed by atoms with E-state index >= 15 is 0 Å². The summed E-state index contributed by atoms with van der Waals surface area (Å²) in [6.07, 6.45) is 0.418. The molecule has 0 aliphatic rings. The van der Waals surface area contributed by atoms with Gasteiger partial charge >= 0.3 is 0 Å². The van der Waals surface area contributed by atoms with Crippen LogP contribution in [0, 0.1) is 41.5 Å². The van der Waals surface area contributed by atoms with Gasteiger partial charge in [-0.2, -0.15) is 0 Å². The van der Waals surface area contributed by atoms with Crippen molar-refractivity contribution >= 4 is 45.9 Å². The zero-order chi connectivity index (χ0) is 79.3. The van der Waals surface area contributed by atoms with Crippen molar-refractivity contribution in [2.45, 2.75) is 241 Å². The summed E-state index contributed by atoms with van der Waals surface area (Å²) in [6, 6.07) is 55.3. The van der Waals surface area contributed by atoms with Gasteiger partial charge in [-0.1, -0.05) is 302 Å². The Morgan fingerprint density at radius 2 is 0.641 bits per heavy atom. The molecule has 0 aromatic heterocycles. The fraction of sp³-hybridized carbons (Fsp3) is 0.442. The molecule has 7 aromatic rings. The Hall–Kier alpha value is -8.77. The first-order valence-corrected chi connectivity index (χ1v) is 36.1. The molecule has 0 fully saturated rings. The van der Waals surface area contributed by atoms with Gasteiger partial charge in [0.2, 0.25) is 0 Å². The topological polar surface area (TPSA) is 318 Å². The van der Waals surface area contributed by atoms with Gasteiger partial charge in [-0.15, -0.1) is 0 Å². The van der Waals surface area contributed by atoms with E-state index in [4.69, 9.17) is 0 Å². The second-order valence-corrected chi connectivity index (χ2v) is 32.7. The first-order chi connectivity index (χ1) is 47.1. The Morgan fingerprint density at radius 3 is 0.990 bits per heavy atom. The highest BCUT2D eigenvalue weighted by Crippen LogP contribution is 2.34. The standard InChI is InChI=1S/3C13H18O2.C12H18O4S.2C12H16O2.C11H14O2/c1-9-5-10(2)7-11(6-9)13(3,4)8-12(14)15;1-9-5-6-11(10(2)7-9)13(3,4)8-12(14)15;1-4-10-5-7-11(8-6-10)13(2,3)9-12(14)15;1-12(2,10-6-4-3-5-7-10)8-11(13)9-17(14,15)16;1-9-4-6-10(7-5-9)12(2,3)8-11(13)14;1-9-5-4-6-10(7-9)12(2,3)8-11(13)14;1-11(2,8-10(12)13)9-6-4-3-5-7-9/h2*5-7H,8H2,1-4H3,(H,14,15);5-8H,4,9H2,1-3H3,(H,14,15);3-7,11,13H,8-9H2,1-2H3,(H,14,15,16);2*4-7H,8H2,1-3H3,(H,13,14);3-7H,8H2,1-2H3,(H,12,13)/p-7. The second kappa shape index (κ2) is 40.9. The van der Waals surface area contributed by atoms with E-state index in [0.717, 1.165) is 67.6 Å². The van der Waals surface area contributed by atoms with E-state index in [9.17, 15) is 77.5 Å². The Kier molecular flexibility index (Phi) is 36.6. The molecule has 1 unspecified atom stereocenters. The molecule has 0 spiro atoms. The fourth-order valence-electron chi connectivity index (χ4n) is 11.8. The minimum atomic E-state index is -4.38. The van der Waals surface area contributed by atoms with Crippen LogP contribution in [0.25, 0.3) is 0 Å². The summed E-state index contributed by atoms with van der Waals surface area (Å²) in [7, 11) is -4.38. The number of carbonyl (C=O) groups excluding carboxylic acids is 6. The lowest BCUT2D eigenvalue weighted by molar-refractivity contribution is -0.308. The van der Waals surface area contributed by atoms with Crippen LogP contribution in [0.1, 0.15) is 227 Å². The quantitative estimate of drug-likeness (QED) is 0.0550. The molecular formula is C86H111O16S-7. The summed E-state index contributed by atoms with van der Waals surface area (Å²) in [5.41, 5.74) is 13.0. The zero-order valence-electron chi connectivity index (χ0n) is 64.6. The molecule has 1 atom stereocenters. The summed E-state index contributed by atoms with van der Waals surface area (Å²) in [5, 5.41) is 73.1. The monoisotopic (exact) mass is 1430 g/mol. The van der Waals surface area contributed by atoms with Crippen LogP contribution in [0.3, 0.4) is 0 Å². The first kappa shape index (κ1) is 92.2. The van der Waals surface area contributed by atoms with Gasteiger partial charge in [0, 0.05) is 35.8 Å². The predicted molar refractivity (Wildman–Crippen MR) is 397 cm³/mol. The largest absolute Gasteiger partial charge is 0.748 e. The van der Waals surface area contributed by atoms with Crippen molar-refractivity contribution in [1.29, 1.82) is 0 Å². The number of aliphatic carboxylic acids is 6. The number of aryl methyl sites for hydroxylation is 7. The molecule has 0 saturated heterocycles. The maximum atomic E-state index is 10.7. The number of hydrogen-bond acceptors (Lipinski definition) is 16. The van der Waals surface area contributed by atoms with E-state index in [0.29, 0.717) is 0 Å². The van der Waals surface area contributed by atoms with Crippen molar-refractivity contribution in [3.63, 3.8) is 0 Å². The van der Waals surface area contributed by atoms with Crippen LogP contribution >= 0.6 is 0 Å². The highest BCUT2D eigenvalue weighted by atomic mass is 32.2. The van der Waals surface area contributed by atoms with Gasteiger partial charge < -0.3 is 69.1 Å². The van der Waals surface area contributed by atoms with Crippen molar-refractivity contribution in [3.05, 3.63) is 248 Å². The van der Waals surface area contributed by atoms with Gasteiger partial charge in [-0.25, -0.2) is 8.42 Å². The minimum Gasteiger partial charge on any atom is -0.748 e. The van der Waals surface area contributed by atoms with Crippen molar-refractivity contribution in [2.75, 3.05) is 5.75 Å². The van der Waals surface area contributed by atoms with E-state index in [1.54, 1.807) is 0 Å². The number of carboxylic acids is 6. The van der Waals surface area contributed by atoms with Gasteiger partial charge in [0.25, 0.3) is 0 Å². The molecule has 16 nitrogen and oxygen atoms in total. The minimum absolute atomic E-state index is 0.0515. The Balaban J connectivity index is 0.000000602. The summed E-state index contributed by atoms with van der Waals surface area (Å²) in [5.74, 6) is -6.75. The molecule has 7 aromatic carbocycles. The van der Waals surface area contributed by atoms with Crippen molar-refractivity contribution in [1.82, 2.24) is 0 Å². The molecule has 0 aliphatic heterocycles. The number of rotatable bonds is 24. The summed E-state index contributed by atoms with van der Waals surface area (Å²) < 4.78 is 31.6. The van der Waals surface area contributed by atoms with E-state index < -0.39 is 57.8 Å². The molecule has 564 valence electrons. The number of benzene rings is 7. The van der Waals surface area contributed by atoms with E-state index in [2.05, 4.69) is 19.1 Å². The zero-order valence-corrected chi connectivity index (χ0v) is 65.4. The molecule has 0 heterocycles. The third kappa shape index (κ3) is 36.3. The van der Waals surface area contributed by atoms with Crippen LogP contribution in [0.4, 0.5) is 0 Å². The van der Waals surface area contributed by atoms with Gasteiger partial charge in [0.15, 0.2) is 0 Å². The second-order valence-electron chi connectivity index (χ2n) is 31.3. The summed E-state index contributed by atoms with van der Waals surface area (Å²) in [4.78, 5) is 63.5.